The van der Waals surface area contributed by atoms with Crippen LogP contribution in [0, 0.1) is 23.8 Å². The number of non-ortho nitro benzene ring substituents is 2. The van der Waals surface area contributed by atoms with Gasteiger partial charge in [-0.3, -0.25) is 25.0 Å². The summed E-state index contributed by atoms with van der Waals surface area (Å²) >= 11 is 1.88. The van der Waals surface area contributed by atoms with Crippen molar-refractivity contribution >= 4 is 45.6 Å². The van der Waals surface area contributed by atoms with E-state index in [0.29, 0.717) is 3.57 Å². The normalized spacial score (nSPS) is 10.0. The van der Waals surface area contributed by atoms with Crippen molar-refractivity contribution in [3.8, 4) is 0 Å². The molecule has 0 radical (unpaired) electrons. The van der Waals surface area contributed by atoms with Gasteiger partial charge >= 0.3 is 0 Å². The zero-order valence-electron chi connectivity index (χ0n) is 10.9. The van der Waals surface area contributed by atoms with Crippen molar-refractivity contribution in [2.45, 2.75) is 0 Å². The predicted molar refractivity (Wildman–Crippen MR) is 86.9 cm³/mol. The molecule has 0 fully saturated rings. The molecular formula is C13H8IN3O5. The van der Waals surface area contributed by atoms with Crippen LogP contribution in [-0.2, 0) is 0 Å². The molecule has 2 rings (SSSR count). The summed E-state index contributed by atoms with van der Waals surface area (Å²) in [6.07, 6.45) is 0. The van der Waals surface area contributed by atoms with E-state index >= 15 is 0 Å². The van der Waals surface area contributed by atoms with Gasteiger partial charge in [-0.05, 0) is 34.7 Å². The van der Waals surface area contributed by atoms with E-state index < -0.39 is 15.8 Å². The molecule has 0 bridgehead atoms. The third-order valence-corrected chi connectivity index (χ3v) is 3.66. The molecule has 1 N–H and O–H groups in total. The summed E-state index contributed by atoms with van der Waals surface area (Å²) in [6, 6.07) is 9.36. The molecule has 0 unspecified atom stereocenters. The van der Waals surface area contributed by atoms with E-state index in [1.807, 2.05) is 22.6 Å². The molecule has 0 heterocycles. The van der Waals surface area contributed by atoms with E-state index in [4.69, 9.17) is 0 Å². The van der Waals surface area contributed by atoms with E-state index in [-0.39, 0.29) is 22.6 Å². The average molecular weight is 413 g/mol. The monoisotopic (exact) mass is 413 g/mol. The minimum Gasteiger partial charge on any atom is -0.322 e. The van der Waals surface area contributed by atoms with Gasteiger partial charge < -0.3 is 5.32 Å². The third-order valence-electron chi connectivity index (χ3n) is 2.72. The minimum atomic E-state index is -0.597. The molecule has 0 aliphatic rings. The average Bonchev–Trinajstić information content (AvgIpc) is 2.47. The van der Waals surface area contributed by atoms with Crippen molar-refractivity contribution in [2.75, 3.05) is 5.32 Å². The molecule has 8 nitrogen and oxygen atoms in total. The number of hydrogen-bond acceptors (Lipinski definition) is 5. The Labute approximate surface area is 137 Å². The number of hydrogen-bond donors (Lipinski definition) is 1. The Morgan fingerprint density at radius 3 is 2.27 bits per heavy atom. The summed E-state index contributed by atoms with van der Waals surface area (Å²) in [6.45, 7) is 0. The molecule has 112 valence electrons. The van der Waals surface area contributed by atoms with Crippen LogP contribution in [0.2, 0.25) is 0 Å². The highest BCUT2D eigenvalue weighted by Gasteiger charge is 2.16. The quantitative estimate of drug-likeness (QED) is 0.469. The van der Waals surface area contributed by atoms with Crippen LogP contribution in [0.4, 0.5) is 17.1 Å². The Balaban J connectivity index is 2.29. The standard InChI is InChI=1S/C13H8IN3O5/c14-12-5-4-10(17(21)22)7-11(12)13(18)15-8-2-1-3-9(6-8)16(19)20/h1-7H,(H,15,18). The molecule has 0 saturated carbocycles. The SMILES string of the molecule is O=C(Nc1cccc([N+](=O)[O-])c1)c1cc([N+](=O)[O-])ccc1I. The Hall–Kier alpha value is -2.56. The maximum atomic E-state index is 12.2. The van der Waals surface area contributed by atoms with Crippen LogP contribution in [0.1, 0.15) is 10.4 Å². The lowest BCUT2D eigenvalue weighted by Gasteiger charge is -2.07. The van der Waals surface area contributed by atoms with E-state index in [2.05, 4.69) is 5.32 Å². The van der Waals surface area contributed by atoms with Crippen molar-refractivity contribution in [2.24, 2.45) is 0 Å². The van der Waals surface area contributed by atoms with E-state index in [1.165, 1.54) is 36.4 Å². The summed E-state index contributed by atoms with van der Waals surface area (Å²) in [7, 11) is 0. The van der Waals surface area contributed by atoms with Crippen LogP contribution in [0.3, 0.4) is 0 Å². The van der Waals surface area contributed by atoms with Crippen molar-refractivity contribution in [3.05, 3.63) is 71.8 Å². The fraction of sp³-hybridized carbons (Fsp3) is 0. The fourth-order valence-electron chi connectivity index (χ4n) is 1.70. The summed E-state index contributed by atoms with van der Waals surface area (Å²) in [5, 5.41) is 24.0. The smallest absolute Gasteiger partial charge is 0.271 e. The number of anilines is 1. The second kappa shape index (κ2) is 6.47. The lowest BCUT2D eigenvalue weighted by Crippen LogP contribution is -2.14. The molecule has 9 heteroatoms. The van der Waals surface area contributed by atoms with Gasteiger partial charge in [-0.15, -0.1) is 0 Å². The second-order valence-electron chi connectivity index (χ2n) is 4.18. The molecule has 1 amide bonds. The Bertz CT molecular complexity index is 778. The third kappa shape index (κ3) is 3.55. The van der Waals surface area contributed by atoms with Gasteiger partial charge in [-0.1, -0.05) is 6.07 Å². The molecule has 0 spiro atoms. The first-order chi connectivity index (χ1) is 10.4. The lowest BCUT2D eigenvalue weighted by atomic mass is 10.2. The summed E-state index contributed by atoms with van der Waals surface area (Å²) in [5.41, 5.74) is -0.000963. The zero-order valence-corrected chi connectivity index (χ0v) is 13.0. The van der Waals surface area contributed by atoms with Crippen LogP contribution in [0.5, 0.6) is 0 Å². The molecule has 0 aliphatic carbocycles. The van der Waals surface area contributed by atoms with Crippen LogP contribution < -0.4 is 5.32 Å². The second-order valence-corrected chi connectivity index (χ2v) is 5.35. The minimum absolute atomic E-state index is 0.126. The number of carbonyl (C=O) groups is 1. The van der Waals surface area contributed by atoms with Crippen molar-refractivity contribution in [1.82, 2.24) is 0 Å². The summed E-state index contributed by atoms with van der Waals surface area (Å²) in [4.78, 5) is 32.5. The molecular weight excluding hydrogens is 405 g/mol. The van der Waals surface area contributed by atoms with E-state index in [1.54, 1.807) is 0 Å². The first-order valence-corrected chi connectivity index (χ1v) is 6.96. The molecule has 0 aliphatic heterocycles. The van der Waals surface area contributed by atoms with Crippen LogP contribution >= 0.6 is 22.6 Å². The first kappa shape index (κ1) is 15.8. The number of carbonyl (C=O) groups excluding carboxylic acids is 1. The largest absolute Gasteiger partial charge is 0.322 e. The Morgan fingerprint density at radius 1 is 1.00 bits per heavy atom. The molecule has 0 atom stereocenters. The lowest BCUT2D eigenvalue weighted by molar-refractivity contribution is -0.385. The van der Waals surface area contributed by atoms with Crippen molar-refractivity contribution in [1.29, 1.82) is 0 Å². The summed E-state index contributed by atoms with van der Waals surface area (Å²) < 4.78 is 0.533. The first-order valence-electron chi connectivity index (χ1n) is 5.88. The number of halogens is 1. The highest BCUT2D eigenvalue weighted by Crippen LogP contribution is 2.22. The number of nitro benzene ring substituents is 2. The summed E-state index contributed by atoms with van der Waals surface area (Å²) in [5.74, 6) is -0.575. The van der Waals surface area contributed by atoms with Crippen LogP contribution in [0.25, 0.3) is 0 Å². The van der Waals surface area contributed by atoms with E-state index in [9.17, 15) is 25.0 Å². The topological polar surface area (TPSA) is 115 Å². The molecule has 2 aromatic rings. The van der Waals surface area contributed by atoms with Gasteiger partial charge in [0.2, 0.25) is 0 Å². The molecule has 0 saturated heterocycles. The van der Waals surface area contributed by atoms with Gasteiger partial charge in [-0.2, -0.15) is 0 Å². The highest BCUT2D eigenvalue weighted by atomic mass is 127. The Morgan fingerprint density at radius 2 is 1.64 bits per heavy atom. The van der Waals surface area contributed by atoms with Gasteiger partial charge in [0.25, 0.3) is 17.3 Å². The number of benzene rings is 2. The number of nitrogens with zero attached hydrogens (tertiary/aromatic N) is 2. The van der Waals surface area contributed by atoms with Crippen molar-refractivity contribution < 1.29 is 14.6 Å². The van der Waals surface area contributed by atoms with Gasteiger partial charge in [0.05, 0.1) is 15.4 Å². The number of amides is 1. The maximum absolute atomic E-state index is 12.2. The van der Waals surface area contributed by atoms with Crippen LogP contribution in [0.15, 0.2) is 42.5 Å². The Kier molecular flexibility index (Phi) is 4.65. The molecule has 22 heavy (non-hydrogen) atoms. The predicted octanol–water partition coefficient (Wildman–Crippen LogP) is 3.36. The molecule has 2 aromatic carbocycles. The highest BCUT2D eigenvalue weighted by molar-refractivity contribution is 14.1. The number of nitro groups is 2. The number of rotatable bonds is 4. The van der Waals surface area contributed by atoms with Gasteiger partial charge in [0.15, 0.2) is 0 Å². The van der Waals surface area contributed by atoms with E-state index in [0.717, 1.165) is 6.07 Å². The van der Waals surface area contributed by atoms with Gasteiger partial charge in [0.1, 0.15) is 0 Å². The van der Waals surface area contributed by atoms with Crippen LogP contribution in [-0.4, -0.2) is 15.8 Å². The van der Waals surface area contributed by atoms with Crippen molar-refractivity contribution in [3.63, 3.8) is 0 Å². The maximum Gasteiger partial charge on any atom is 0.271 e. The molecule has 0 aromatic heterocycles. The van der Waals surface area contributed by atoms with Gasteiger partial charge in [-0.25, -0.2) is 0 Å². The zero-order chi connectivity index (χ0) is 16.3. The van der Waals surface area contributed by atoms with Gasteiger partial charge in [0, 0.05) is 33.5 Å². The number of nitrogens with one attached hydrogen (secondary N) is 1. The fourth-order valence-corrected chi connectivity index (χ4v) is 2.28.